The highest BCUT2D eigenvalue weighted by Gasteiger charge is 2.39. The maximum atomic E-state index is 13.4. The smallest absolute Gasteiger partial charge is 0.259 e. The Balaban J connectivity index is 1.48. The van der Waals surface area contributed by atoms with Gasteiger partial charge in [0.25, 0.3) is 10.0 Å². The summed E-state index contributed by atoms with van der Waals surface area (Å²) in [5.41, 5.74) is 4.85. The molecular formula is C25H27N3O3S. The average Bonchev–Trinajstić information content (AvgIpc) is 3.23. The Hall–Kier alpha value is -2.90. The number of hydrogen-bond acceptors (Lipinski definition) is 3. The van der Waals surface area contributed by atoms with E-state index >= 15 is 0 Å². The maximum Gasteiger partial charge on any atom is 0.259 e. The lowest BCUT2D eigenvalue weighted by atomic mass is 9.67. The summed E-state index contributed by atoms with van der Waals surface area (Å²) in [4.78, 5) is 17.0. The molecule has 2 aliphatic rings. The number of hydrazine groups is 1. The number of fused-ring (bicyclic) bond motifs is 2. The van der Waals surface area contributed by atoms with E-state index in [9.17, 15) is 13.2 Å². The van der Waals surface area contributed by atoms with Gasteiger partial charge in [-0.3, -0.25) is 9.80 Å². The van der Waals surface area contributed by atoms with Crippen molar-refractivity contribution in [3.05, 3.63) is 71.9 Å². The van der Waals surface area contributed by atoms with Gasteiger partial charge in [-0.1, -0.05) is 43.3 Å². The average molecular weight is 450 g/mol. The summed E-state index contributed by atoms with van der Waals surface area (Å²) >= 11 is 0. The molecule has 1 amide bonds. The van der Waals surface area contributed by atoms with E-state index in [0.29, 0.717) is 18.3 Å². The van der Waals surface area contributed by atoms with Crippen LogP contribution in [0.3, 0.4) is 0 Å². The summed E-state index contributed by atoms with van der Waals surface area (Å²) < 4.78 is 27.0. The molecule has 0 spiro atoms. The number of hydrogen-bond donors (Lipinski definition) is 1. The van der Waals surface area contributed by atoms with Crippen molar-refractivity contribution in [1.29, 1.82) is 0 Å². The molecular weight excluding hydrogens is 422 g/mol. The van der Waals surface area contributed by atoms with Gasteiger partial charge in [0.2, 0.25) is 5.91 Å². The van der Waals surface area contributed by atoms with Crippen molar-refractivity contribution in [3.63, 3.8) is 0 Å². The second-order valence-corrected chi connectivity index (χ2v) is 10.9. The van der Waals surface area contributed by atoms with E-state index in [1.807, 2.05) is 6.07 Å². The molecule has 5 rings (SSSR count). The van der Waals surface area contributed by atoms with Crippen LogP contribution < -0.4 is 0 Å². The Morgan fingerprint density at radius 3 is 2.56 bits per heavy atom. The standard InChI is InChI=1S/C25H27N3O3S/c1-16-12-17(25(29)27(2)28(3)32(30,31)19-8-5-4-6-9-19)13-22-20-10-7-11-23-24(20)18(15-26-23)14-21(16)22/h4-11,13,15-17,21,26H,12,14H2,1-3H3/t16-,17+,21+/m1/s1. The second-order valence-electron chi connectivity index (χ2n) is 8.91. The van der Waals surface area contributed by atoms with Gasteiger partial charge in [0, 0.05) is 31.2 Å². The Morgan fingerprint density at radius 2 is 1.81 bits per heavy atom. The highest BCUT2D eigenvalue weighted by molar-refractivity contribution is 7.89. The first-order valence-electron chi connectivity index (χ1n) is 10.9. The Labute approximate surface area is 188 Å². The summed E-state index contributed by atoms with van der Waals surface area (Å²) in [6.45, 7) is 2.19. The lowest BCUT2D eigenvalue weighted by molar-refractivity contribution is -0.141. The summed E-state index contributed by atoms with van der Waals surface area (Å²) in [5, 5.41) is 2.48. The van der Waals surface area contributed by atoms with Crippen molar-refractivity contribution >= 4 is 32.4 Å². The molecule has 0 aliphatic heterocycles. The molecule has 1 aromatic heterocycles. The molecule has 6 nitrogen and oxygen atoms in total. The predicted molar refractivity (Wildman–Crippen MR) is 125 cm³/mol. The van der Waals surface area contributed by atoms with E-state index in [1.165, 1.54) is 53.3 Å². The van der Waals surface area contributed by atoms with Gasteiger partial charge in [0.1, 0.15) is 0 Å². The number of rotatable bonds is 4. The van der Waals surface area contributed by atoms with Crippen molar-refractivity contribution in [2.24, 2.45) is 17.8 Å². The molecule has 166 valence electrons. The molecule has 0 bridgehead atoms. The fourth-order valence-corrected chi connectivity index (χ4v) is 6.44. The summed E-state index contributed by atoms with van der Waals surface area (Å²) in [7, 11) is -0.852. The van der Waals surface area contributed by atoms with Gasteiger partial charge < -0.3 is 4.98 Å². The number of aromatic nitrogens is 1. The summed E-state index contributed by atoms with van der Waals surface area (Å²) in [5.74, 6) is 0.0954. The summed E-state index contributed by atoms with van der Waals surface area (Å²) in [6, 6.07) is 14.4. The zero-order valence-corrected chi connectivity index (χ0v) is 19.3. The largest absolute Gasteiger partial charge is 0.361 e. The zero-order valence-electron chi connectivity index (χ0n) is 18.4. The van der Waals surface area contributed by atoms with Crippen LogP contribution >= 0.6 is 0 Å². The molecule has 0 saturated heterocycles. The van der Waals surface area contributed by atoms with Gasteiger partial charge in [-0.15, -0.1) is 4.41 Å². The highest BCUT2D eigenvalue weighted by Crippen LogP contribution is 2.47. The molecule has 1 heterocycles. The maximum absolute atomic E-state index is 13.4. The SMILES string of the molecule is C[C@@H]1C[C@H](C(=O)N(C)N(C)S(=O)(=O)c2ccccc2)C=C2c3cccc4[nH]cc(c34)C[C@H]21. The minimum absolute atomic E-state index is 0.163. The molecule has 2 aromatic carbocycles. The topological polar surface area (TPSA) is 73.5 Å². The normalized spacial score (nSPS) is 22.5. The first-order chi connectivity index (χ1) is 15.3. The number of benzene rings is 2. The molecule has 0 radical (unpaired) electrons. The van der Waals surface area contributed by atoms with Gasteiger partial charge in [-0.2, -0.15) is 0 Å². The molecule has 3 atom stereocenters. The van der Waals surface area contributed by atoms with Gasteiger partial charge in [0.15, 0.2) is 0 Å². The summed E-state index contributed by atoms with van der Waals surface area (Å²) in [6.07, 6.45) is 5.85. The molecule has 32 heavy (non-hydrogen) atoms. The number of carbonyl (C=O) groups excluding carboxylic acids is 1. The number of allylic oxidation sites excluding steroid dienone is 1. The fourth-order valence-electron chi connectivity index (χ4n) is 5.23. The third kappa shape index (κ3) is 3.19. The van der Waals surface area contributed by atoms with Gasteiger partial charge in [-0.25, -0.2) is 8.42 Å². The van der Waals surface area contributed by atoms with Gasteiger partial charge in [-0.05, 0) is 59.6 Å². The number of nitrogens with zero attached hydrogens (tertiary/aromatic N) is 2. The van der Waals surface area contributed by atoms with Crippen LogP contribution in [0.4, 0.5) is 0 Å². The lowest BCUT2D eigenvalue weighted by Crippen LogP contribution is -2.47. The van der Waals surface area contributed by atoms with Crippen LogP contribution in [0.1, 0.15) is 24.5 Å². The molecule has 0 saturated carbocycles. The van der Waals surface area contributed by atoms with Crippen LogP contribution in [0.25, 0.3) is 16.5 Å². The van der Waals surface area contributed by atoms with Crippen LogP contribution in [0.2, 0.25) is 0 Å². The number of amides is 1. The van der Waals surface area contributed by atoms with E-state index in [0.717, 1.165) is 16.4 Å². The lowest BCUT2D eigenvalue weighted by Gasteiger charge is -2.38. The van der Waals surface area contributed by atoms with E-state index in [2.05, 4.69) is 36.3 Å². The first kappa shape index (κ1) is 21.0. The van der Waals surface area contributed by atoms with Crippen molar-refractivity contribution in [2.75, 3.05) is 14.1 Å². The number of H-pyrrole nitrogens is 1. The number of carbonyl (C=O) groups is 1. The minimum atomic E-state index is -3.81. The Morgan fingerprint density at radius 1 is 1.06 bits per heavy atom. The third-order valence-corrected chi connectivity index (χ3v) is 8.89. The Bertz CT molecular complexity index is 1330. The monoisotopic (exact) mass is 449 g/mol. The van der Waals surface area contributed by atoms with Crippen LogP contribution in [0, 0.1) is 17.8 Å². The second kappa shape index (κ2) is 7.60. The predicted octanol–water partition coefficient (Wildman–Crippen LogP) is 4.07. The van der Waals surface area contributed by atoms with E-state index in [-0.39, 0.29) is 16.7 Å². The minimum Gasteiger partial charge on any atom is -0.361 e. The van der Waals surface area contributed by atoms with E-state index < -0.39 is 10.0 Å². The zero-order chi connectivity index (χ0) is 22.6. The third-order valence-electron chi connectivity index (χ3n) is 7.08. The Kier molecular flexibility index (Phi) is 4.98. The van der Waals surface area contributed by atoms with Crippen molar-refractivity contribution in [1.82, 2.24) is 14.4 Å². The van der Waals surface area contributed by atoms with Crippen molar-refractivity contribution in [3.8, 4) is 0 Å². The van der Waals surface area contributed by atoms with Gasteiger partial charge in [0.05, 0.1) is 10.8 Å². The number of sulfonamides is 1. The van der Waals surface area contributed by atoms with E-state index in [1.54, 1.807) is 18.2 Å². The van der Waals surface area contributed by atoms with Crippen LogP contribution in [0.5, 0.6) is 0 Å². The van der Waals surface area contributed by atoms with Crippen LogP contribution in [0.15, 0.2) is 65.7 Å². The number of nitrogens with one attached hydrogen (secondary N) is 1. The van der Waals surface area contributed by atoms with Crippen molar-refractivity contribution < 1.29 is 13.2 Å². The molecule has 1 N–H and O–H groups in total. The molecule has 3 aromatic rings. The number of aromatic amines is 1. The van der Waals surface area contributed by atoms with Crippen LogP contribution in [-0.4, -0.2) is 42.8 Å². The van der Waals surface area contributed by atoms with Gasteiger partial charge >= 0.3 is 0 Å². The molecule has 2 aliphatic carbocycles. The highest BCUT2D eigenvalue weighted by atomic mass is 32.2. The molecule has 7 heteroatoms. The van der Waals surface area contributed by atoms with Crippen LogP contribution in [-0.2, 0) is 21.2 Å². The molecule has 0 unspecified atom stereocenters. The fraction of sp³-hybridized carbons (Fsp3) is 0.320. The first-order valence-corrected chi connectivity index (χ1v) is 12.4. The van der Waals surface area contributed by atoms with Crippen molar-refractivity contribution in [2.45, 2.75) is 24.7 Å². The molecule has 0 fully saturated rings. The van der Waals surface area contributed by atoms with E-state index in [4.69, 9.17) is 0 Å². The quantitative estimate of drug-likeness (QED) is 0.610.